The Bertz CT molecular complexity index is 712. The fraction of sp³-hybridized carbons (Fsp3) is 0.200. The van der Waals surface area contributed by atoms with Crippen LogP contribution < -0.4 is 10.1 Å². The highest BCUT2D eigenvalue weighted by Crippen LogP contribution is 2.26. The highest BCUT2D eigenvalue weighted by atomic mass is 79.9. The van der Waals surface area contributed by atoms with Crippen molar-refractivity contribution < 1.29 is 13.9 Å². The van der Waals surface area contributed by atoms with E-state index in [1.165, 1.54) is 24.4 Å². The van der Waals surface area contributed by atoms with Gasteiger partial charge in [0.05, 0.1) is 16.4 Å². The highest BCUT2D eigenvalue weighted by molar-refractivity contribution is 9.10. The molecule has 116 valence electrons. The molecule has 0 unspecified atom stereocenters. The number of pyridine rings is 1. The van der Waals surface area contributed by atoms with Gasteiger partial charge in [-0.25, -0.2) is 9.37 Å². The Kier molecular flexibility index (Phi) is 5.37. The second kappa shape index (κ2) is 7.07. The van der Waals surface area contributed by atoms with Crippen molar-refractivity contribution in [2.24, 2.45) is 0 Å². The molecule has 0 radical (unpaired) electrons. The van der Waals surface area contributed by atoms with Gasteiger partial charge in [-0.3, -0.25) is 4.79 Å². The maximum atomic E-state index is 13.0. The van der Waals surface area contributed by atoms with Gasteiger partial charge in [-0.15, -0.1) is 0 Å². The van der Waals surface area contributed by atoms with Crippen molar-refractivity contribution in [3.63, 3.8) is 0 Å². The van der Waals surface area contributed by atoms with Crippen LogP contribution in [0.2, 0.25) is 5.15 Å². The van der Waals surface area contributed by atoms with E-state index in [-0.39, 0.29) is 11.7 Å². The molecule has 1 aromatic heterocycles. The van der Waals surface area contributed by atoms with Gasteiger partial charge in [0.15, 0.2) is 6.10 Å². The Morgan fingerprint density at radius 2 is 2.18 bits per heavy atom. The topological polar surface area (TPSA) is 51.2 Å². The van der Waals surface area contributed by atoms with Crippen LogP contribution in [-0.2, 0) is 4.79 Å². The van der Waals surface area contributed by atoms with E-state index < -0.39 is 6.10 Å². The number of ether oxygens (including phenoxy) is 1. The molecule has 0 spiro atoms. The number of amides is 1. The van der Waals surface area contributed by atoms with E-state index in [0.717, 1.165) is 5.56 Å². The molecule has 0 bridgehead atoms. The lowest BCUT2D eigenvalue weighted by Gasteiger charge is -2.16. The van der Waals surface area contributed by atoms with Crippen LogP contribution in [0.25, 0.3) is 0 Å². The molecule has 1 atom stereocenters. The van der Waals surface area contributed by atoms with Gasteiger partial charge < -0.3 is 10.1 Å². The Labute approximate surface area is 140 Å². The molecule has 0 aliphatic carbocycles. The second-order valence-electron chi connectivity index (χ2n) is 4.65. The SMILES string of the molecule is Cc1cc(Cl)ncc1NC(=O)[C@H](C)Oc1ccc(F)cc1Br. The predicted molar refractivity (Wildman–Crippen MR) is 86.8 cm³/mol. The van der Waals surface area contributed by atoms with Gasteiger partial charge >= 0.3 is 0 Å². The average Bonchev–Trinajstić information content (AvgIpc) is 2.44. The fourth-order valence-electron chi connectivity index (χ4n) is 1.70. The number of hydrogen-bond donors (Lipinski definition) is 1. The average molecular weight is 388 g/mol. The van der Waals surface area contributed by atoms with Gasteiger partial charge in [0.25, 0.3) is 5.91 Å². The van der Waals surface area contributed by atoms with E-state index in [1.54, 1.807) is 13.0 Å². The molecule has 2 aromatic rings. The summed E-state index contributed by atoms with van der Waals surface area (Å²) in [5, 5.41) is 3.07. The molecular formula is C15H13BrClFN2O2. The van der Waals surface area contributed by atoms with Crippen LogP contribution in [0.5, 0.6) is 5.75 Å². The number of benzene rings is 1. The standard InChI is InChI=1S/C15H13BrClFN2O2/c1-8-5-14(17)19-7-12(8)20-15(21)9(2)22-13-4-3-10(18)6-11(13)16/h3-7,9H,1-2H3,(H,20,21)/t9-/m0/s1. The van der Waals surface area contributed by atoms with Crippen LogP contribution in [0.1, 0.15) is 12.5 Å². The Morgan fingerprint density at radius 1 is 1.45 bits per heavy atom. The first-order valence-corrected chi connectivity index (χ1v) is 7.58. The predicted octanol–water partition coefficient (Wildman–Crippen LogP) is 4.35. The molecular weight excluding hydrogens is 375 g/mol. The summed E-state index contributed by atoms with van der Waals surface area (Å²) in [5.41, 5.74) is 1.35. The van der Waals surface area contributed by atoms with Crippen molar-refractivity contribution in [1.29, 1.82) is 0 Å². The van der Waals surface area contributed by atoms with Gasteiger partial charge in [0.2, 0.25) is 0 Å². The molecule has 1 N–H and O–H groups in total. The third-order valence-corrected chi connectivity index (χ3v) is 3.73. The van der Waals surface area contributed by atoms with Crippen molar-refractivity contribution in [2.45, 2.75) is 20.0 Å². The van der Waals surface area contributed by atoms with Crippen LogP contribution in [0, 0.1) is 12.7 Å². The lowest BCUT2D eigenvalue weighted by molar-refractivity contribution is -0.122. The molecule has 1 aromatic carbocycles. The van der Waals surface area contributed by atoms with Gasteiger partial charge in [0, 0.05) is 0 Å². The zero-order valence-electron chi connectivity index (χ0n) is 11.9. The van der Waals surface area contributed by atoms with Gasteiger partial charge in [-0.2, -0.15) is 0 Å². The number of nitrogens with zero attached hydrogens (tertiary/aromatic N) is 1. The molecule has 22 heavy (non-hydrogen) atoms. The zero-order chi connectivity index (χ0) is 16.3. The van der Waals surface area contributed by atoms with Crippen molar-refractivity contribution in [1.82, 2.24) is 4.98 Å². The van der Waals surface area contributed by atoms with Crippen LogP contribution in [-0.4, -0.2) is 17.0 Å². The summed E-state index contributed by atoms with van der Waals surface area (Å²) in [4.78, 5) is 16.1. The number of nitrogens with one attached hydrogen (secondary N) is 1. The second-order valence-corrected chi connectivity index (χ2v) is 5.89. The maximum Gasteiger partial charge on any atom is 0.265 e. The van der Waals surface area contributed by atoms with Crippen molar-refractivity contribution in [2.75, 3.05) is 5.32 Å². The highest BCUT2D eigenvalue weighted by Gasteiger charge is 2.17. The van der Waals surface area contributed by atoms with Crippen molar-refractivity contribution in [3.8, 4) is 5.75 Å². The lowest BCUT2D eigenvalue weighted by Crippen LogP contribution is -2.30. The molecule has 2 rings (SSSR count). The van der Waals surface area contributed by atoms with E-state index >= 15 is 0 Å². The summed E-state index contributed by atoms with van der Waals surface area (Å²) in [6.07, 6.45) is 0.715. The number of halogens is 3. The Morgan fingerprint density at radius 3 is 2.82 bits per heavy atom. The quantitative estimate of drug-likeness (QED) is 0.794. The largest absolute Gasteiger partial charge is 0.480 e. The molecule has 0 aliphatic heterocycles. The molecule has 0 fully saturated rings. The maximum absolute atomic E-state index is 13.0. The Balaban J connectivity index is 2.05. The number of hydrogen-bond acceptors (Lipinski definition) is 3. The number of anilines is 1. The van der Waals surface area contributed by atoms with E-state index in [9.17, 15) is 9.18 Å². The normalized spacial score (nSPS) is 11.9. The molecule has 7 heteroatoms. The summed E-state index contributed by atoms with van der Waals surface area (Å²) in [6, 6.07) is 5.64. The first kappa shape index (κ1) is 16.7. The van der Waals surface area contributed by atoms with Crippen LogP contribution >= 0.6 is 27.5 Å². The van der Waals surface area contributed by atoms with E-state index in [0.29, 0.717) is 21.1 Å². The molecule has 1 heterocycles. The minimum absolute atomic E-state index is 0.344. The number of carbonyl (C=O) groups is 1. The molecule has 1 amide bonds. The monoisotopic (exact) mass is 386 g/mol. The van der Waals surface area contributed by atoms with Gasteiger partial charge in [0.1, 0.15) is 16.7 Å². The minimum atomic E-state index is -0.767. The number of aryl methyl sites for hydroxylation is 1. The van der Waals surface area contributed by atoms with E-state index in [2.05, 4.69) is 26.2 Å². The fourth-order valence-corrected chi connectivity index (χ4v) is 2.36. The van der Waals surface area contributed by atoms with Crippen molar-refractivity contribution in [3.05, 3.63) is 51.5 Å². The zero-order valence-corrected chi connectivity index (χ0v) is 14.2. The molecule has 0 saturated heterocycles. The summed E-state index contributed by atoms with van der Waals surface area (Å²) in [7, 11) is 0. The summed E-state index contributed by atoms with van der Waals surface area (Å²) < 4.78 is 19.0. The van der Waals surface area contributed by atoms with Crippen LogP contribution in [0.4, 0.5) is 10.1 Å². The van der Waals surface area contributed by atoms with Crippen LogP contribution in [0.3, 0.4) is 0 Å². The lowest BCUT2D eigenvalue weighted by atomic mass is 10.2. The van der Waals surface area contributed by atoms with E-state index in [1.807, 2.05) is 6.92 Å². The molecule has 4 nitrogen and oxygen atoms in total. The first-order valence-electron chi connectivity index (χ1n) is 6.41. The molecule has 0 aliphatic rings. The number of aromatic nitrogens is 1. The minimum Gasteiger partial charge on any atom is -0.480 e. The summed E-state index contributed by atoms with van der Waals surface area (Å²) in [6.45, 7) is 3.41. The third-order valence-electron chi connectivity index (χ3n) is 2.90. The van der Waals surface area contributed by atoms with Crippen LogP contribution in [0.15, 0.2) is 34.9 Å². The van der Waals surface area contributed by atoms with Crippen molar-refractivity contribution >= 4 is 39.1 Å². The first-order chi connectivity index (χ1) is 10.4. The number of rotatable bonds is 4. The van der Waals surface area contributed by atoms with Gasteiger partial charge in [-0.1, -0.05) is 11.6 Å². The third kappa shape index (κ3) is 4.18. The number of carbonyl (C=O) groups excluding carboxylic acids is 1. The molecule has 0 saturated carbocycles. The smallest absolute Gasteiger partial charge is 0.265 e. The summed E-state index contributed by atoms with van der Waals surface area (Å²) >= 11 is 8.96. The Hall–Kier alpha value is -1.66. The van der Waals surface area contributed by atoms with Gasteiger partial charge in [-0.05, 0) is 59.6 Å². The summed E-state index contributed by atoms with van der Waals surface area (Å²) in [5.74, 6) is -0.349. The van der Waals surface area contributed by atoms with E-state index in [4.69, 9.17) is 16.3 Å².